The van der Waals surface area contributed by atoms with Crippen molar-refractivity contribution in [2.75, 3.05) is 18.9 Å². The molecule has 2 aromatic rings. The molecule has 5 nitrogen and oxygen atoms in total. The van der Waals surface area contributed by atoms with Crippen LogP contribution in [0, 0.1) is 18.6 Å². The zero-order valence-electron chi connectivity index (χ0n) is 12.9. The van der Waals surface area contributed by atoms with Gasteiger partial charge in [-0.05, 0) is 31.4 Å². The molecular weight excluding hydrogens is 324 g/mol. The molecule has 0 radical (unpaired) electrons. The van der Waals surface area contributed by atoms with Crippen molar-refractivity contribution >= 4 is 22.4 Å². The monoisotopic (exact) mass is 341 g/mol. The maximum atomic E-state index is 13.8. The summed E-state index contributed by atoms with van der Waals surface area (Å²) in [5.74, 6) is -2.03. The number of rotatable bonds is 5. The molecule has 3 N–H and O–H groups in total. The number of aryl methyl sites for hydroxylation is 1. The zero-order valence-corrected chi connectivity index (χ0v) is 13.7. The summed E-state index contributed by atoms with van der Waals surface area (Å²) in [6.07, 6.45) is 0. The van der Waals surface area contributed by atoms with E-state index < -0.39 is 23.1 Å². The first kappa shape index (κ1) is 17.3. The van der Waals surface area contributed by atoms with Crippen LogP contribution in [-0.4, -0.2) is 29.0 Å². The number of aromatic nitrogens is 1. The Labute approximate surface area is 136 Å². The molecule has 8 heteroatoms. The zero-order chi connectivity index (χ0) is 17.2. The topological polar surface area (TPSA) is 74.2 Å². The lowest BCUT2D eigenvalue weighted by Gasteiger charge is -2.24. The van der Waals surface area contributed by atoms with Gasteiger partial charge < -0.3 is 15.7 Å². The third kappa shape index (κ3) is 3.65. The van der Waals surface area contributed by atoms with Crippen LogP contribution in [0.4, 0.5) is 13.8 Å². The highest BCUT2D eigenvalue weighted by Gasteiger charge is 2.28. The maximum Gasteiger partial charge on any atom is 0.256 e. The second-order valence-electron chi connectivity index (χ2n) is 5.30. The summed E-state index contributed by atoms with van der Waals surface area (Å²) >= 11 is 1.15. The van der Waals surface area contributed by atoms with Crippen LogP contribution in [0.2, 0.25) is 0 Å². The van der Waals surface area contributed by atoms with Crippen LogP contribution in [0.5, 0.6) is 0 Å². The number of carbonyl (C=O) groups excluding carboxylic acids is 1. The fraction of sp³-hybridized carbons (Fsp3) is 0.333. The standard InChI is InChI=1S/C15H17F2N3O2S/c1-8-12(14(18-3)23-20-8)13(21)19-7-15(2,22)10-5-4-9(16)6-11(10)17/h4-6,18,22H,7H2,1-3H3,(H,19,21). The van der Waals surface area contributed by atoms with Crippen LogP contribution in [0.3, 0.4) is 0 Å². The molecule has 0 bridgehead atoms. The van der Waals surface area contributed by atoms with E-state index in [2.05, 4.69) is 15.0 Å². The number of amides is 1. The molecule has 1 atom stereocenters. The number of hydrogen-bond donors (Lipinski definition) is 3. The first-order valence-electron chi connectivity index (χ1n) is 6.86. The number of benzene rings is 1. The van der Waals surface area contributed by atoms with Gasteiger partial charge in [0.2, 0.25) is 0 Å². The van der Waals surface area contributed by atoms with Crippen molar-refractivity contribution in [2.24, 2.45) is 0 Å². The normalized spacial score (nSPS) is 13.5. The summed E-state index contributed by atoms with van der Waals surface area (Å²) in [4.78, 5) is 12.3. The lowest BCUT2D eigenvalue weighted by atomic mass is 9.95. The highest BCUT2D eigenvalue weighted by atomic mass is 32.1. The molecule has 0 aliphatic heterocycles. The lowest BCUT2D eigenvalue weighted by Crippen LogP contribution is -2.39. The number of carbonyl (C=O) groups is 1. The Balaban J connectivity index is 2.15. The second-order valence-corrected chi connectivity index (χ2v) is 6.08. The van der Waals surface area contributed by atoms with Crippen LogP contribution < -0.4 is 10.6 Å². The van der Waals surface area contributed by atoms with Gasteiger partial charge in [-0.3, -0.25) is 4.79 Å². The number of anilines is 1. The minimum atomic E-state index is -1.68. The van der Waals surface area contributed by atoms with E-state index in [-0.39, 0.29) is 12.1 Å². The largest absolute Gasteiger partial charge is 0.383 e. The molecule has 0 saturated carbocycles. The van der Waals surface area contributed by atoms with Gasteiger partial charge in [0, 0.05) is 18.7 Å². The summed E-state index contributed by atoms with van der Waals surface area (Å²) in [5.41, 5.74) is -0.824. The molecule has 0 fully saturated rings. The predicted molar refractivity (Wildman–Crippen MR) is 84.7 cm³/mol. The third-order valence-electron chi connectivity index (χ3n) is 3.42. The van der Waals surface area contributed by atoms with Crippen LogP contribution >= 0.6 is 11.5 Å². The van der Waals surface area contributed by atoms with Crippen LogP contribution in [0.15, 0.2) is 18.2 Å². The van der Waals surface area contributed by atoms with Crippen molar-refractivity contribution in [3.63, 3.8) is 0 Å². The molecule has 124 valence electrons. The summed E-state index contributed by atoms with van der Waals surface area (Å²) in [6.45, 7) is 2.82. The summed E-state index contributed by atoms with van der Waals surface area (Å²) < 4.78 is 30.8. The van der Waals surface area contributed by atoms with Gasteiger partial charge in [-0.1, -0.05) is 6.07 Å². The molecular formula is C15H17F2N3O2S. The molecule has 1 aromatic carbocycles. The number of halogens is 2. The van der Waals surface area contributed by atoms with Crippen molar-refractivity contribution in [1.82, 2.24) is 9.69 Å². The van der Waals surface area contributed by atoms with Crippen LogP contribution in [0.1, 0.15) is 28.5 Å². The number of nitrogens with zero attached hydrogens (tertiary/aromatic N) is 1. The van der Waals surface area contributed by atoms with E-state index in [1.807, 2.05) is 0 Å². The smallest absolute Gasteiger partial charge is 0.256 e. The Kier molecular flexibility index (Phi) is 4.96. The molecule has 1 unspecified atom stereocenters. The number of aliphatic hydroxyl groups is 1. The minimum Gasteiger partial charge on any atom is -0.383 e. The van der Waals surface area contributed by atoms with Gasteiger partial charge in [0.25, 0.3) is 5.91 Å². The van der Waals surface area contributed by atoms with Crippen molar-refractivity contribution in [3.8, 4) is 0 Å². The van der Waals surface area contributed by atoms with E-state index in [9.17, 15) is 18.7 Å². The molecule has 2 rings (SSSR count). The average molecular weight is 341 g/mol. The van der Waals surface area contributed by atoms with Gasteiger partial charge in [-0.2, -0.15) is 4.37 Å². The van der Waals surface area contributed by atoms with E-state index in [1.54, 1.807) is 14.0 Å². The molecule has 0 aliphatic carbocycles. The molecule has 0 spiro atoms. The van der Waals surface area contributed by atoms with Crippen molar-refractivity contribution in [3.05, 3.63) is 46.7 Å². The molecule has 1 amide bonds. The highest BCUT2D eigenvalue weighted by molar-refractivity contribution is 7.10. The fourth-order valence-corrected chi connectivity index (χ4v) is 2.91. The quantitative estimate of drug-likeness (QED) is 0.781. The maximum absolute atomic E-state index is 13.8. The van der Waals surface area contributed by atoms with Gasteiger partial charge in [0.05, 0.1) is 17.8 Å². The Morgan fingerprint density at radius 3 is 2.74 bits per heavy atom. The Morgan fingerprint density at radius 1 is 1.43 bits per heavy atom. The number of nitrogens with one attached hydrogen (secondary N) is 2. The fourth-order valence-electron chi connectivity index (χ4n) is 2.17. The second kappa shape index (κ2) is 6.59. The molecule has 0 aliphatic rings. The Hall–Kier alpha value is -2.06. The Bertz CT molecular complexity index is 732. The minimum absolute atomic E-state index is 0.0896. The predicted octanol–water partition coefficient (Wildman–Crippen LogP) is 2.41. The molecule has 23 heavy (non-hydrogen) atoms. The number of hydrogen-bond acceptors (Lipinski definition) is 5. The van der Waals surface area contributed by atoms with E-state index in [0.29, 0.717) is 22.3 Å². The molecule has 0 saturated heterocycles. The van der Waals surface area contributed by atoms with Gasteiger partial charge in [-0.25, -0.2) is 8.78 Å². The van der Waals surface area contributed by atoms with Gasteiger partial charge in [0.15, 0.2) is 0 Å². The van der Waals surface area contributed by atoms with Crippen LogP contribution in [-0.2, 0) is 5.60 Å². The van der Waals surface area contributed by atoms with Gasteiger partial charge in [0.1, 0.15) is 22.2 Å². The van der Waals surface area contributed by atoms with E-state index >= 15 is 0 Å². The van der Waals surface area contributed by atoms with Gasteiger partial charge >= 0.3 is 0 Å². The molecule has 1 heterocycles. The van der Waals surface area contributed by atoms with E-state index in [4.69, 9.17) is 0 Å². The first-order chi connectivity index (χ1) is 10.8. The summed E-state index contributed by atoms with van der Waals surface area (Å²) in [6, 6.07) is 2.91. The van der Waals surface area contributed by atoms with Crippen molar-refractivity contribution < 1.29 is 18.7 Å². The molecule has 1 aromatic heterocycles. The SMILES string of the molecule is CNc1snc(C)c1C(=O)NCC(C)(O)c1ccc(F)cc1F. The van der Waals surface area contributed by atoms with Crippen LogP contribution in [0.25, 0.3) is 0 Å². The van der Waals surface area contributed by atoms with E-state index in [1.165, 1.54) is 6.92 Å². The van der Waals surface area contributed by atoms with E-state index in [0.717, 1.165) is 23.7 Å². The lowest BCUT2D eigenvalue weighted by molar-refractivity contribution is 0.0494. The summed E-state index contributed by atoms with van der Waals surface area (Å²) in [7, 11) is 1.67. The summed E-state index contributed by atoms with van der Waals surface area (Å²) in [5, 5.41) is 16.4. The van der Waals surface area contributed by atoms with Gasteiger partial charge in [-0.15, -0.1) is 0 Å². The Morgan fingerprint density at radius 2 is 2.13 bits per heavy atom. The average Bonchev–Trinajstić information content (AvgIpc) is 2.85. The van der Waals surface area contributed by atoms with Crippen molar-refractivity contribution in [1.29, 1.82) is 0 Å². The first-order valence-corrected chi connectivity index (χ1v) is 7.63. The highest BCUT2D eigenvalue weighted by Crippen LogP contribution is 2.26. The third-order valence-corrected chi connectivity index (χ3v) is 4.38. The van der Waals surface area contributed by atoms with Crippen molar-refractivity contribution in [2.45, 2.75) is 19.4 Å².